The SMILES string of the molecule is CC(C)C[C@@H](NS(=O)(=O)c1cccc2nsnc12)C(=O)[O-]. The standard InChI is InChI=1S/C12H15N3O4S2/c1-7(2)6-9(12(16)17)15-21(18,19)10-5-3-4-8-11(10)14-20-13-8/h3-5,7,9,15H,6H2,1-2H3,(H,16,17)/p-1/t9-/m1/s1. The number of nitrogens with one attached hydrogen (secondary N) is 1. The monoisotopic (exact) mass is 328 g/mol. The maximum Gasteiger partial charge on any atom is 0.243 e. The van der Waals surface area contributed by atoms with Gasteiger partial charge in [0.2, 0.25) is 10.0 Å². The van der Waals surface area contributed by atoms with E-state index in [1.165, 1.54) is 12.1 Å². The lowest BCUT2D eigenvalue weighted by Gasteiger charge is -2.21. The van der Waals surface area contributed by atoms with Crippen molar-refractivity contribution in [1.82, 2.24) is 13.5 Å². The number of nitrogens with zero attached hydrogens (tertiary/aromatic N) is 2. The molecule has 0 saturated carbocycles. The molecule has 0 aliphatic heterocycles. The first-order chi connectivity index (χ1) is 9.81. The highest BCUT2D eigenvalue weighted by Crippen LogP contribution is 2.21. The molecule has 1 aromatic heterocycles. The van der Waals surface area contributed by atoms with Crippen LogP contribution in [0.4, 0.5) is 0 Å². The van der Waals surface area contributed by atoms with Crippen LogP contribution in [0.15, 0.2) is 23.1 Å². The van der Waals surface area contributed by atoms with Crippen molar-refractivity contribution in [2.24, 2.45) is 5.92 Å². The number of hydrogen-bond acceptors (Lipinski definition) is 7. The summed E-state index contributed by atoms with van der Waals surface area (Å²) in [6, 6.07) is 3.27. The van der Waals surface area contributed by atoms with E-state index in [0.29, 0.717) is 5.52 Å². The van der Waals surface area contributed by atoms with E-state index in [1.807, 2.05) is 0 Å². The van der Waals surface area contributed by atoms with Crippen LogP contribution >= 0.6 is 11.7 Å². The fourth-order valence-corrected chi connectivity index (χ4v) is 3.88. The van der Waals surface area contributed by atoms with Crippen LogP contribution < -0.4 is 9.83 Å². The Kier molecular flexibility index (Phi) is 4.55. The van der Waals surface area contributed by atoms with Gasteiger partial charge in [0.25, 0.3) is 0 Å². The van der Waals surface area contributed by atoms with Gasteiger partial charge in [0.05, 0.1) is 23.7 Å². The minimum atomic E-state index is -4.01. The van der Waals surface area contributed by atoms with Crippen LogP contribution in [-0.4, -0.2) is 29.2 Å². The Balaban J connectivity index is 2.37. The Morgan fingerprint density at radius 1 is 1.38 bits per heavy atom. The zero-order valence-electron chi connectivity index (χ0n) is 11.4. The topological polar surface area (TPSA) is 112 Å². The molecular formula is C12H14N3O4S2-. The lowest BCUT2D eigenvalue weighted by atomic mass is 10.1. The van der Waals surface area contributed by atoms with Crippen LogP contribution in [0.2, 0.25) is 0 Å². The Morgan fingerprint density at radius 2 is 2.10 bits per heavy atom. The van der Waals surface area contributed by atoms with Crippen LogP contribution in [0.3, 0.4) is 0 Å². The number of aromatic nitrogens is 2. The molecule has 0 fully saturated rings. The molecule has 0 radical (unpaired) electrons. The molecule has 0 bridgehead atoms. The van der Waals surface area contributed by atoms with E-state index < -0.39 is 22.0 Å². The maximum atomic E-state index is 12.4. The molecule has 114 valence electrons. The molecule has 1 heterocycles. The third-order valence-electron chi connectivity index (χ3n) is 2.83. The van der Waals surface area contributed by atoms with Gasteiger partial charge in [0, 0.05) is 0 Å². The molecular weight excluding hydrogens is 314 g/mol. The Labute approximate surface area is 126 Å². The maximum absolute atomic E-state index is 12.4. The van der Waals surface area contributed by atoms with Crippen molar-refractivity contribution in [3.05, 3.63) is 18.2 Å². The Bertz CT molecular complexity index is 755. The number of aliphatic carboxylic acids is 1. The van der Waals surface area contributed by atoms with Gasteiger partial charge >= 0.3 is 0 Å². The average Bonchev–Trinajstić information content (AvgIpc) is 2.84. The molecule has 2 rings (SSSR count). The summed E-state index contributed by atoms with van der Waals surface area (Å²) in [4.78, 5) is 11.0. The van der Waals surface area contributed by atoms with Crippen LogP contribution in [0.25, 0.3) is 11.0 Å². The first kappa shape index (κ1) is 15.8. The summed E-state index contributed by atoms with van der Waals surface area (Å²) in [5.41, 5.74) is 0.688. The molecule has 0 amide bonds. The van der Waals surface area contributed by atoms with Crippen LogP contribution in [-0.2, 0) is 14.8 Å². The summed E-state index contributed by atoms with van der Waals surface area (Å²) in [6.07, 6.45) is 0.146. The first-order valence-corrected chi connectivity index (χ1v) is 8.47. The van der Waals surface area contributed by atoms with E-state index in [9.17, 15) is 18.3 Å². The summed E-state index contributed by atoms with van der Waals surface area (Å²) in [6.45, 7) is 3.60. The Morgan fingerprint density at radius 3 is 2.71 bits per heavy atom. The second-order valence-electron chi connectivity index (χ2n) is 5.01. The number of hydrogen-bond donors (Lipinski definition) is 1. The predicted octanol–water partition coefficient (Wildman–Crippen LogP) is 0.134. The van der Waals surface area contributed by atoms with Gasteiger partial charge in [-0.1, -0.05) is 19.9 Å². The molecule has 9 heteroatoms. The highest BCUT2D eigenvalue weighted by Gasteiger charge is 2.24. The molecule has 2 aromatic rings. The van der Waals surface area contributed by atoms with Gasteiger partial charge in [0.15, 0.2) is 0 Å². The van der Waals surface area contributed by atoms with Crippen molar-refractivity contribution < 1.29 is 18.3 Å². The van der Waals surface area contributed by atoms with Crippen molar-refractivity contribution >= 4 is 38.8 Å². The smallest absolute Gasteiger partial charge is 0.243 e. The third-order valence-corrected chi connectivity index (χ3v) is 4.87. The zero-order chi connectivity index (χ0) is 15.6. The minimum absolute atomic E-state index is 0.00679. The molecule has 0 saturated heterocycles. The number of carbonyl (C=O) groups excluding carboxylic acids is 1. The highest BCUT2D eigenvalue weighted by molar-refractivity contribution is 7.89. The summed E-state index contributed by atoms with van der Waals surface area (Å²) in [5.74, 6) is -1.44. The molecule has 0 aliphatic carbocycles. The molecule has 0 unspecified atom stereocenters. The van der Waals surface area contributed by atoms with Gasteiger partial charge in [-0.05, 0) is 24.5 Å². The van der Waals surface area contributed by atoms with E-state index in [4.69, 9.17) is 0 Å². The van der Waals surface area contributed by atoms with Crippen molar-refractivity contribution in [3.63, 3.8) is 0 Å². The van der Waals surface area contributed by atoms with E-state index in [2.05, 4.69) is 13.5 Å². The van der Waals surface area contributed by atoms with E-state index in [1.54, 1.807) is 19.9 Å². The lowest BCUT2D eigenvalue weighted by molar-refractivity contribution is -0.308. The fraction of sp³-hybridized carbons (Fsp3) is 0.417. The quantitative estimate of drug-likeness (QED) is 0.807. The minimum Gasteiger partial charge on any atom is -0.548 e. The zero-order valence-corrected chi connectivity index (χ0v) is 13.1. The summed E-state index contributed by atoms with van der Waals surface area (Å²) in [7, 11) is -4.01. The van der Waals surface area contributed by atoms with Gasteiger partial charge in [-0.15, -0.1) is 0 Å². The summed E-state index contributed by atoms with van der Waals surface area (Å²) >= 11 is 0.898. The van der Waals surface area contributed by atoms with E-state index >= 15 is 0 Å². The van der Waals surface area contributed by atoms with Gasteiger partial charge in [-0.3, -0.25) is 0 Å². The summed E-state index contributed by atoms with van der Waals surface area (Å²) < 4.78 is 34.8. The molecule has 1 aromatic carbocycles. The van der Waals surface area contributed by atoms with Gasteiger partial charge in [-0.2, -0.15) is 8.75 Å². The number of carboxylic acid groups (broad SMARTS) is 1. The Hall–Kier alpha value is -1.58. The lowest BCUT2D eigenvalue weighted by Crippen LogP contribution is -2.48. The van der Waals surface area contributed by atoms with Gasteiger partial charge in [0.1, 0.15) is 15.9 Å². The van der Waals surface area contributed by atoms with Crippen molar-refractivity contribution in [2.45, 2.75) is 31.2 Å². The second kappa shape index (κ2) is 6.04. The van der Waals surface area contributed by atoms with E-state index in [-0.39, 0.29) is 22.8 Å². The normalized spacial score (nSPS) is 13.7. The second-order valence-corrected chi connectivity index (χ2v) is 7.22. The van der Waals surface area contributed by atoms with Crippen LogP contribution in [0, 0.1) is 5.92 Å². The highest BCUT2D eigenvalue weighted by atomic mass is 32.2. The van der Waals surface area contributed by atoms with E-state index in [0.717, 1.165) is 11.7 Å². The van der Waals surface area contributed by atoms with Crippen molar-refractivity contribution in [2.75, 3.05) is 0 Å². The van der Waals surface area contributed by atoms with Crippen molar-refractivity contribution in [1.29, 1.82) is 0 Å². The molecule has 1 atom stereocenters. The largest absolute Gasteiger partial charge is 0.548 e. The molecule has 0 spiro atoms. The summed E-state index contributed by atoms with van der Waals surface area (Å²) in [5, 5.41) is 11.1. The number of sulfonamides is 1. The molecule has 1 N–H and O–H groups in total. The van der Waals surface area contributed by atoms with Gasteiger partial charge in [-0.25, -0.2) is 13.1 Å². The van der Waals surface area contributed by atoms with Crippen molar-refractivity contribution in [3.8, 4) is 0 Å². The third kappa shape index (κ3) is 3.55. The number of carboxylic acids is 1. The predicted molar refractivity (Wildman–Crippen MR) is 76.0 cm³/mol. The van der Waals surface area contributed by atoms with Crippen LogP contribution in [0.1, 0.15) is 20.3 Å². The fourth-order valence-electron chi connectivity index (χ4n) is 1.91. The van der Waals surface area contributed by atoms with Gasteiger partial charge < -0.3 is 9.90 Å². The number of benzene rings is 1. The number of rotatable bonds is 6. The molecule has 21 heavy (non-hydrogen) atoms. The molecule has 7 nitrogen and oxygen atoms in total. The average molecular weight is 328 g/mol. The first-order valence-electron chi connectivity index (χ1n) is 6.25. The molecule has 0 aliphatic rings. The van der Waals surface area contributed by atoms with Crippen LogP contribution in [0.5, 0.6) is 0 Å². The number of fused-ring (bicyclic) bond motifs is 1. The number of carbonyl (C=O) groups is 1.